The van der Waals surface area contributed by atoms with E-state index >= 15 is 0 Å². The maximum Gasteiger partial charge on any atom is 0.275 e. The number of aromatic nitrogens is 1. The second-order valence-electron chi connectivity index (χ2n) is 7.11. The lowest BCUT2D eigenvalue weighted by Crippen LogP contribution is -3.14. The zero-order valence-electron chi connectivity index (χ0n) is 15.1. The molecule has 2 heterocycles. The van der Waals surface area contributed by atoms with Crippen molar-refractivity contribution in [2.45, 2.75) is 25.3 Å². The van der Waals surface area contributed by atoms with E-state index in [4.69, 9.17) is 4.98 Å². The van der Waals surface area contributed by atoms with Crippen LogP contribution in [0.25, 0.3) is 10.2 Å². The number of benzene rings is 2. The highest BCUT2D eigenvalue weighted by atomic mass is 32.1. The number of fused-ring (bicyclic) bond motifs is 1. The molecule has 2 N–H and O–H groups in total. The summed E-state index contributed by atoms with van der Waals surface area (Å²) in [6, 6.07) is 14.8. The van der Waals surface area contributed by atoms with Gasteiger partial charge in [-0.15, -0.1) is 11.3 Å². The Morgan fingerprint density at radius 2 is 2.04 bits per heavy atom. The van der Waals surface area contributed by atoms with Crippen LogP contribution in [0.1, 0.15) is 29.3 Å². The Hall–Kier alpha value is -2.31. The number of nitrogens with one attached hydrogen (secondary N) is 2. The number of hydrogen-bond donors (Lipinski definition) is 2. The van der Waals surface area contributed by atoms with Crippen LogP contribution in [0.4, 0.5) is 4.39 Å². The number of hydrogen-bond acceptors (Lipinski definition) is 3. The van der Waals surface area contributed by atoms with Crippen molar-refractivity contribution in [1.82, 2.24) is 10.3 Å². The lowest BCUT2D eigenvalue weighted by molar-refractivity contribution is -0.898. The van der Waals surface area contributed by atoms with Gasteiger partial charge in [0.15, 0.2) is 6.54 Å². The third-order valence-electron chi connectivity index (χ3n) is 5.12. The van der Waals surface area contributed by atoms with E-state index in [1.54, 1.807) is 29.5 Å². The molecular weight excluding hydrogens is 361 g/mol. The second-order valence-corrected chi connectivity index (χ2v) is 8.17. The highest BCUT2D eigenvalue weighted by Gasteiger charge is 2.28. The van der Waals surface area contributed by atoms with E-state index in [9.17, 15) is 9.18 Å². The van der Waals surface area contributed by atoms with E-state index in [-0.39, 0.29) is 18.3 Å². The fourth-order valence-electron chi connectivity index (χ4n) is 3.71. The summed E-state index contributed by atoms with van der Waals surface area (Å²) in [6.07, 6.45) is 2.22. The largest absolute Gasteiger partial charge is 0.347 e. The van der Waals surface area contributed by atoms with E-state index in [0.29, 0.717) is 18.0 Å². The summed E-state index contributed by atoms with van der Waals surface area (Å²) < 4.78 is 14.9. The minimum Gasteiger partial charge on any atom is -0.347 e. The van der Waals surface area contributed by atoms with Crippen LogP contribution >= 0.6 is 11.3 Å². The summed E-state index contributed by atoms with van der Waals surface area (Å²) in [5.74, 6) is 0.0998. The van der Waals surface area contributed by atoms with Crippen molar-refractivity contribution in [3.05, 3.63) is 64.9 Å². The topological polar surface area (TPSA) is 46.4 Å². The van der Waals surface area contributed by atoms with Gasteiger partial charge in [0.05, 0.1) is 29.2 Å². The maximum atomic E-state index is 13.7. The zero-order valence-corrected chi connectivity index (χ0v) is 15.9. The zero-order chi connectivity index (χ0) is 18.6. The highest BCUT2D eigenvalue weighted by molar-refractivity contribution is 7.18. The van der Waals surface area contributed by atoms with Crippen LogP contribution in [0, 0.1) is 5.82 Å². The van der Waals surface area contributed by atoms with E-state index in [0.717, 1.165) is 31.4 Å². The quantitative estimate of drug-likeness (QED) is 0.710. The van der Waals surface area contributed by atoms with Crippen LogP contribution in [0.3, 0.4) is 0 Å². The molecule has 2 atom stereocenters. The third-order valence-corrected chi connectivity index (χ3v) is 6.32. The molecule has 6 heteroatoms. The van der Waals surface area contributed by atoms with Gasteiger partial charge in [-0.25, -0.2) is 9.37 Å². The lowest BCUT2D eigenvalue weighted by atomic mass is 9.99. The molecule has 1 saturated heterocycles. The smallest absolute Gasteiger partial charge is 0.275 e. The van der Waals surface area contributed by atoms with E-state index in [2.05, 4.69) is 17.4 Å². The number of likely N-dealkylation sites (tertiary alicyclic amines) is 1. The number of para-hydroxylation sites is 1. The van der Waals surface area contributed by atoms with Crippen molar-refractivity contribution >= 4 is 27.5 Å². The summed E-state index contributed by atoms with van der Waals surface area (Å²) in [5.41, 5.74) is 1.58. The molecule has 2 aromatic carbocycles. The van der Waals surface area contributed by atoms with Gasteiger partial charge in [-0.05, 0) is 31.0 Å². The van der Waals surface area contributed by atoms with Crippen molar-refractivity contribution < 1.29 is 14.1 Å². The summed E-state index contributed by atoms with van der Waals surface area (Å²) >= 11 is 1.77. The molecular formula is C21H23FN3OS+. The van der Waals surface area contributed by atoms with Crippen molar-refractivity contribution in [2.75, 3.05) is 19.6 Å². The predicted molar refractivity (Wildman–Crippen MR) is 105 cm³/mol. The Morgan fingerprint density at radius 1 is 1.22 bits per heavy atom. The molecule has 1 aliphatic rings. The van der Waals surface area contributed by atoms with Gasteiger partial charge in [0.1, 0.15) is 10.8 Å². The fraction of sp³-hybridized carbons (Fsp3) is 0.333. The number of quaternary nitrogens is 1. The summed E-state index contributed by atoms with van der Waals surface area (Å²) in [4.78, 5) is 18.4. The molecule has 1 aromatic heterocycles. The summed E-state index contributed by atoms with van der Waals surface area (Å²) in [7, 11) is 0. The third kappa shape index (κ3) is 4.34. The average Bonchev–Trinajstić information content (AvgIpc) is 3.12. The Balaban J connectivity index is 1.34. The number of halogens is 1. The molecule has 1 aliphatic heterocycles. The number of carbonyl (C=O) groups excluding carboxylic acids is 1. The summed E-state index contributed by atoms with van der Waals surface area (Å²) in [6.45, 7) is 2.58. The number of rotatable bonds is 5. The first-order valence-electron chi connectivity index (χ1n) is 9.38. The molecule has 0 aliphatic carbocycles. The van der Waals surface area contributed by atoms with Crippen molar-refractivity contribution in [3.8, 4) is 0 Å². The first kappa shape index (κ1) is 18.1. The number of carbonyl (C=O) groups is 1. The van der Waals surface area contributed by atoms with Crippen LogP contribution in [0.2, 0.25) is 0 Å². The molecule has 3 aromatic rings. The minimum absolute atomic E-state index is 0.0294. The van der Waals surface area contributed by atoms with Gasteiger partial charge >= 0.3 is 0 Å². The van der Waals surface area contributed by atoms with Crippen LogP contribution in [0.5, 0.6) is 0 Å². The molecule has 0 bridgehead atoms. The van der Waals surface area contributed by atoms with Crippen molar-refractivity contribution in [1.29, 1.82) is 0 Å². The first-order chi connectivity index (χ1) is 13.2. The molecule has 0 saturated carbocycles. The summed E-state index contributed by atoms with van der Waals surface area (Å²) in [5, 5.41) is 4.03. The maximum absolute atomic E-state index is 13.7. The Labute approximate surface area is 162 Å². The predicted octanol–water partition coefficient (Wildman–Crippen LogP) is 2.51. The Morgan fingerprint density at radius 3 is 2.89 bits per heavy atom. The number of thiazole rings is 1. The highest BCUT2D eigenvalue weighted by Crippen LogP contribution is 2.30. The van der Waals surface area contributed by atoms with Crippen LogP contribution < -0.4 is 10.2 Å². The molecule has 0 spiro atoms. The van der Waals surface area contributed by atoms with Crippen LogP contribution in [-0.2, 0) is 11.3 Å². The molecule has 140 valence electrons. The van der Waals surface area contributed by atoms with Gasteiger partial charge in [-0.2, -0.15) is 0 Å². The monoisotopic (exact) mass is 384 g/mol. The number of piperidine rings is 1. The SMILES string of the molecule is O=C(C[NH+]1CCC[C@@H](c2nc3ccccc3s2)C1)NCc1ccccc1F. The van der Waals surface area contributed by atoms with Crippen LogP contribution in [0.15, 0.2) is 48.5 Å². The molecule has 4 nitrogen and oxygen atoms in total. The lowest BCUT2D eigenvalue weighted by Gasteiger charge is -2.28. The Bertz CT molecular complexity index is 909. The number of amides is 1. The Kier molecular flexibility index (Phi) is 5.45. The van der Waals surface area contributed by atoms with Crippen molar-refractivity contribution in [3.63, 3.8) is 0 Å². The van der Waals surface area contributed by atoms with Crippen molar-refractivity contribution in [2.24, 2.45) is 0 Å². The first-order valence-corrected chi connectivity index (χ1v) is 10.2. The van der Waals surface area contributed by atoms with E-state index < -0.39 is 0 Å². The van der Waals surface area contributed by atoms with E-state index in [1.165, 1.54) is 20.7 Å². The molecule has 27 heavy (non-hydrogen) atoms. The van der Waals surface area contributed by atoms with Gasteiger partial charge in [0, 0.05) is 12.1 Å². The van der Waals surface area contributed by atoms with Gasteiger partial charge in [-0.1, -0.05) is 30.3 Å². The molecule has 1 amide bonds. The van der Waals surface area contributed by atoms with Crippen LogP contribution in [-0.4, -0.2) is 30.5 Å². The molecule has 1 unspecified atom stereocenters. The number of nitrogens with zero attached hydrogens (tertiary/aromatic N) is 1. The fourth-order valence-corrected chi connectivity index (χ4v) is 4.81. The second kappa shape index (κ2) is 8.15. The normalized spacial score (nSPS) is 19.9. The van der Waals surface area contributed by atoms with Gasteiger partial charge in [0.25, 0.3) is 5.91 Å². The average molecular weight is 385 g/mol. The molecule has 0 radical (unpaired) electrons. The molecule has 4 rings (SSSR count). The van der Waals surface area contributed by atoms with Gasteiger partial charge < -0.3 is 10.2 Å². The molecule has 1 fully saturated rings. The standard InChI is InChI=1S/C21H22FN3OS/c22-17-8-2-1-6-15(17)12-23-20(26)14-25-11-5-7-16(13-25)21-24-18-9-3-4-10-19(18)27-21/h1-4,6,8-10,16H,5,7,11-14H2,(H,23,26)/p+1/t16-/m1/s1. The van der Waals surface area contributed by atoms with E-state index in [1.807, 2.05) is 12.1 Å². The minimum atomic E-state index is -0.279. The van der Waals surface area contributed by atoms with Gasteiger partial charge in [-0.3, -0.25) is 4.79 Å². The van der Waals surface area contributed by atoms with Gasteiger partial charge in [0.2, 0.25) is 0 Å².